The van der Waals surface area contributed by atoms with Gasteiger partial charge in [0, 0.05) is 36.6 Å². The van der Waals surface area contributed by atoms with E-state index in [9.17, 15) is 13.2 Å². The molecule has 0 saturated heterocycles. The predicted molar refractivity (Wildman–Crippen MR) is 108 cm³/mol. The van der Waals surface area contributed by atoms with Gasteiger partial charge in [0.15, 0.2) is 6.10 Å². The van der Waals surface area contributed by atoms with Crippen LogP contribution < -0.4 is 5.32 Å². The number of imidazole rings is 1. The van der Waals surface area contributed by atoms with Crippen molar-refractivity contribution in [2.45, 2.75) is 18.7 Å². The summed E-state index contributed by atoms with van der Waals surface area (Å²) in [6.07, 6.45) is -0.504. The van der Waals surface area contributed by atoms with Crippen LogP contribution in [0.5, 0.6) is 0 Å². The van der Waals surface area contributed by atoms with E-state index in [0.717, 1.165) is 27.9 Å². The quantitative estimate of drug-likeness (QED) is 0.513. The zero-order valence-corrected chi connectivity index (χ0v) is 16.8. The van der Waals surface area contributed by atoms with Crippen molar-refractivity contribution >= 4 is 31.9 Å². The van der Waals surface area contributed by atoms with Crippen LogP contribution in [0.4, 0.5) is 24.5 Å². The van der Waals surface area contributed by atoms with Crippen LogP contribution in [0.1, 0.15) is 23.7 Å². The molecular weight excluding hydrogens is 449 g/mol. The lowest BCUT2D eigenvalue weighted by molar-refractivity contribution is -0.137. The monoisotopic (exact) mass is 464 g/mol. The molecule has 0 aliphatic carbocycles. The highest BCUT2D eigenvalue weighted by atomic mass is 79.9. The smallest absolute Gasteiger partial charge is 0.386 e. The Bertz CT molecular complexity index is 1080. The molecule has 0 radical (unpaired) electrons. The van der Waals surface area contributed by atoms with E-state index in [1.807, 2.05) is 36.0 Å². The fraction of sp³-hybridized carbons (Fsp3) is 0.200. The minimum absolute atomic E-state index is 0.227. The lowest BCUT2D eigenvalue weighted by atomic mass is 10.0. The second-order valence-electron chi connectivity index (χ2n) is 6.70. The molecule has 3 aromatic rings. The van der Waals surface area contributed by atoms with E-state index in [2.05, 4.69) is 31.4 Å². The van der Waals surface area contributed by atoms with Crippen LogP contribution in [0, 0.1) is 0 Å². The van der Waals surface area contributed by atoms with Crippen molar-refractivity contribution in [2.75, 3.05) is 5.32 Å². The van der Waals surface area contributed by atoms with E-state index >= 15 is 0 Å². The fourth-order valence-corrected chi connectivity index (χ4v) is 3.47. The van der Waals surface area contributed by atoms with Crippen molar-refractivity contribution in [1.82, 2.24) is 9.55 Å². The number of oxime groups is 1. The number of aromatic nitrogens is 2. The third kappa shape index (κ3) is 4.29. The molecule has 1 unspecified atom stereocenters. The first kappa shape index (κ1) is 19.5. The zero-order chi connectivity index (χ0) is 20.6. The Morgan fingerprint density at radius 3 is 2.69 bits per heavy atom. The van der Waals surface area contributed by atoms with Gasteiger partial charge in [0.25, 0.3) is 0 Å². The normalized spacial score (nSPS) is 16.4. The van der Waals surface area contributed by atoms with Gasteiger partial charge in [-0.3, -0.25) is 0 Å². The number of rotatable bonds is 4. The first-order chi connectivity index (χ1) is 13.8. The van der Waals surface area contributed by atoms with Crippen molar-refractivity contribution in [1.29, 1.82) is 0 Å². The summed E-state index contributed by atoms with van der Waals surface area (Å²) in [5, 5.41) is 7.01. The van der Waals surface area contributed by atoms with Gasteiger partial charge in [0.1, 0.15) is 4.62 Å². The van der Waals surface area contributed by atoms with Crippen molar-refractivity contribution < 1.29 is 18.0 Å². The first-order valence-corrected chi connectivity index (χ1v) is 9.53. The van der Waals surface area contributed by atoms with Gasteiger partial charge in [-0.1, -0.05) is 17.3 Å². The molecule has 29 heavy (non-hydrogen) atoms. The Morgan fingerprint density at radius 1 is 1.21 bits per heavy atom. The Hall–Kier alpha value is -2.81. The highest BCUT2D eigenvalue weighted by molar-refractivity contribution is 9.18. The van der Waals surface area contributed by atoms with Gasteiger partial charge >= 0.3 is 6.18 Å². The maximum Gasteiger partial charge on any atom is 0.416 e. The van der Waals surface area contributed by atoms with Gasteiger partial charge in [-0.15, -0.1) is 0 Å². The summed E-state index contributed by atoms with van der Waals surface area (Å²) in [5.41, 5.74) is 2.63. The lowest BCUT2D eigenvalue weighted by Gasteiger charge is -2.16. The van der Waals surface area contributed by atoms with Crippen LogP contribution in [0.25, 0.3) is 11.3 Å². The molecule has 0 amide bonds. The second kappa shape index (κ2) is 7.55. The topological polar surface area (TPSA) is 51.4 Å². The molecule has 1 atom stereocenters. The van der Waals surface area contributed by atoms with Crippen LogP contribution in [-0.4, -0.2) is 14.2 Å². The minimum Gasteiger partial charge on any atom is -0.386 e. The number of halogens is 4. The minimum atomic E-state index is -4.40. The van der Waals surface area contributed by atoms with E-state index in [1.165, 1.54) is 6.07 Å². The van der Waals surface area contributed by atoms with E-state index < -0.39 is 11.7 Å². The average molecular weight is 465 g/mol. The summed E-state index contributed by atoms with van der Waals surface area (Å²) < 4.78 is 41.7. The molecule has 1 N–H and O–H groups in total. The predicted octanol–water partition coefficient (Wildman–Crippen LogP) is 6.02. The fourth-order valence-electron chi connectivity index (χ4n) is 3.09. The van der Waals surface area contributed by atoms with E-state index in [4.69, 9.17) is 4.84 Å². The highest BCUT2D eigenvalue weighted by Gasteiger charge is 2.30. The Labute approximate surface area is 173 Å². The lowest BCUT2D eigenvalue weighted by Crippen LogP contribution is -2.05. The summed E-state index contributed by atoms with van der Waals surface area (Å²) in [7, 11) is 1.85. The van der Waals surface area contributed by atoms with Crippen molar-refractivity contribution in [3.05, 3.63) is 66.1 Å². The molecule has 4 rings (SSSR count). The van der Waals surface area contributed by atoms with Crippen molar-refractivity contribution in [3.63, 3.8) is 0 Å². The Morgan fingerprint density at radius 2 is 2.03 bits per heavy atom. The highest BCUT2D eigenvalue weighted by Crippen LogP contribution is 2.37. The van der Waals surface area contributed by atoms with E-state index in [0.29, 0.717) is 23.5 Å². The SMILES string of the molecule is Cn1cnc(-c2cc(C3CC(Br)=NO3)ccc2Nc2cccc(C(F)(F)F)c2)c1. The summed E-state index contributed by atoms with van der Waals surface area (Å²) in [6, 6.07) is 10.7. The third-order valence-corrected chi connectivity index (χ3v) is 4.97. The van der Waals surface area contributed by atoms with Gasteiger partial charge in [-0.05, 0) is 51.8 Å². The van der Waals surface area contributed by atoms with Gasteiger partial charge in [-0.2, -0.15) is 13.2 Å². The first-order valence-electron chi connectivity index (χ1n) is 8.74. The number of hydrogen-bond donors (Lipinski definition) is 1. The number of anilines is 2. The molecule has 0 spiro atoms. The summed E-state index contributed by atoms with van der Waals surface area (Å²) in [5.74, 6) is 0. The average Bonchev–Trinajstić information content (AvgIpc) is 3.30. The summed E-state index contributed by atoms with van der Waals surface area (Å²) in [4.78, 5) is 9.82. The van der Waals surface area contributed by atoms with Gasteiger partial charge in [-0.25, -0.2) is 4.98 Å². The molecule has 5 nitrogen and oxygen atoms in total. The van der Waals surface area contributed by atoms with Gasteiger partial charge < -0.3 is 14.7 Å². The Kier molecular flexibility index (Phi) is 5.08. The molecule has 9 heteroatoms. The van der Waals surface area contributed by atoms with E-state index in [1.54, 1.807) is 12.4 Å². The number of aryl methyl sites for hydroxylation is 1. The van der Waals surface area contributed by atoms with Crippen LogP contribution in [0.15, 0.2) is 60.1 Å². The summed E-state index contributed by atoms with van der Waals surface area (Å²) in [6.45, 7) is 0. The Balaban J connectivity index is 1.71. The molecule has 0 bridgehead atoms. The zero-order valence-electron chi connectivity index (χ0n) is 15.2. The number of benzene rings is 2. The molecule has 1 aliphatic rings. The molecule has 0 saturated carbocycles. The molecule has 2 aromatic carbocycles. The molecule has 1 aliphatic heterocycles. The molecular formula is C20H16BrF3N4O. The van der Waals surface area contributed by atoms with Crippen LogP contribution in [0.3, 0.4) is 0 Å². The summed E-state index contributed by atoms with van der Waals surface area (Å²) >= 11 is 3.33. The maximum atomic E-state index is 13.0. The maximum absolute atomic E-state index is 13.0. The molecule has 0 fully saturated rings. The third-order valence-electron chi connectivity index (χ3n) is 4.50. The standard InChI is InChI=1S/C20H16BrF3N4O/c1-28-10-17(25-11-28)15-7-12(18-9-19(21)27-29-18)5-6-16(15)26-14-4-2-3-13(8-14)20(22,23)24/h2-8,10-11,18,26H,9H2,1H3. The second-order valence-corrected chi connectivity index (χ2v) is 7.61. The number of nitrogens with zero attached hydrogens (tertiary/aromatic N) is 3. The van der Waals surface area contributed by atoms with Gasteiger partial charge in [0.05, 0.1) is 17.6 Å². The van der Waals surface area contributed by atoms with Gasteiger partial charge in [0.2, 0.25) is 0 Å². The number of nitrogens with one attached hydrogen (secondary N) is 1. The number of hydrogen-bond acceptors (Lipinski definition) is 4. The number of alkyl halides is 3. The van der Waals surface area contributed by atoms with Crippen molar-refractivity contribution in [2.24, 2.45) is 12.2 Å². The van der Waals surface area contributed by atoms with Crippen molar-refractivity contribution in [3.8, 4) is 11.3 Å². The van der Waals surface area contributed by atoms with Crippen LogP contribution in [-0.2, 0) is 18.1 Å². The molecule has 1 aromatic heterocycles. The molecule has 2 heterocycles. The van der Waals surface area contributed by atoms with Crippen LogP contribution in [0.2, 0.25) is 0 Å². The molecule has 150 valence electrons. The van der Waals surface area contributed by atoms with Crippen LogP contribution >= 0.6 is 15.9 Å². The largest absolute Gasteiger partial charge is 0.416 e. The van der Waals surface area contributed by atoms with E-state index in [-0.39, 0.29) is 6.10 Å².